The molecule has 0 saturated carbocycles. The van der Waals surface area contributed by atoms with E-state index in [4.69, 9.17) is 14.2 Å². The lowest BCUT2D eigenvalue weighted by Gasteiger charge is -2.19. The maximum absolute atomic E-state index is 12.5. The van der Waals surface area contributed by atoms with Crippen molar-refractivity contribution >= 4 is 33.5 Å². The van der Waals surface area contributed by atoms with Gasteiger partial charge in [-0.15, -0.1) is 0 Å². The Hall–Kier alpha value is -3.60. The molecule has 0 fully saturated rings. The highest BCUT2D eigenvalue weighted by Gasteiger charge is 2.23. The van der Waals surface area contributed by atoms with Gasteiger partial charge in [0.05, 0.1) is 12.0 Å². The number of fused-ring (bicyclic) bond motifs is 2. The number of benzene rings is 3. The van der Waals surface area contributed by atoms with E-state index in [1.807, 2.05) is 42.5 Å². The van der Waals surface area contributed by atoms with Crippen LogP contribution >= 0.6 is 0 Å². The van der Waals surface area contributed by atoms with Crippen LogP contribution in [0.25, 0.3) is 21.5 Å². The summed E-state index contributed by atoms with van der Waals surface area (Å²) in [6, 6.07) is 12.7. The van der Waals surface area contributed by atoms with Gasteiger partial charge in [-0.2, -0.15) is 0 Å². The van der Waals surface area contributed by atoms with Crippen molar-refractivity contribution in [3.05, 3.63) is 66.8 Å². The van der Waals surface area contributed by atoms with Crippen LogP contribution < -0.4 is 14.2 Å². The van der Waals surface area contributed by atoms with E-state index in [2.05, 4.69) is 20.1 Å². The molecule has 0 saturated heterocycles. The van der Waals surface area contributed by atoms with Gasteiger partial charge in [-0.1, -0.05) is 62.9 Å². The van der Waals surface area contributed by atoms with Crippen molar-refractivity contribution in [3.8, 4) is 17.2 Å². The molecule has 0 bridgehead atoms. The van der Waals surface area contributed by atoms with Crippen LogP contribution in [-0.4, -0.2) is 18.5 Å². The van der Waals surface area contributed by atoms with Gasteiger partial charge in [0.1, 0.15) is 11.5 Å². The van der Waals surface area contributed by atoms with E-state index in [0.29, 0.717) is 45.4 Å². The number of hydrogen-bond donors (Lipinski definition) is 0. The lowest BCUT2D eigenvalue weighted by Crippen LogP contribution is -2.12. The minimum Gasteiger partial charge on any atom is -0.493 e. The Balaban J connectivity index is 2.36. The van der Waals surface area contributed by atoms with Crippen molar-refractivity contribution < 1.29 is 23.8 Å². The molecule has 0 amide bonds. The maximum Gasteiger partial charge on any atom is 0.338 e. The molecule has 0 aromatic heterocycles. The van der Waals surface area contributed by atoms with Crippen molar-refractivity contribution in [2.24, 2.45) is 0 Å². The van der Waals surface area contributed by atoms with Crippen molar-refractivity contribution in [1.29, 1.82) is 0 Å². The van der Waals surface area contributed by atoms with Crippen LogP contribution in [0.4, 0.5) is 0 Å². The minimum atomic E-state index is -0.540. The third-order valence-corrected chi connectivity index (χ3v) is 4.76. The summed E-state index contributed by atoms with van der Waals surface area (Å²) in [6.45, 7) is 13.1. The smallest absolute Gasteiger partial charge is 0.338 e. The third kappa shape index (κ3) is 4.61. The van der Waals surface area contributed by atoms with Crippen LogP contribution in [0.3, 0.4) is 0 Å². The summed E-state index contributed by atoms with van der Waals surface area (Å²) in [5.74, 6) is 0.196. The number of ether oxygens (including phenoxy) is 3. The monoisotopic (exact) mass is 418 g/mol. The quantitative estimate of drug-likeness (QED) is 0.145. The van der Waals surface area contributed by atoms with E-state index >= 15 is 0 Å². The summed E-state index contributed by atoms with van der Waals surface area (Å²) >= 11 is 0. The molecule has 0 heterocycles. The summed E-state index contributed by atoms with van der Waals surface area (Å²) in [5, 5.41) is 2.43. The van der Waals surface area contributed by atoms with Crippen molar-refractivity contribution in [2.45, 2.75) is 33.6 Å². The van der Waals surface area contributed by atoms with E-state index in [0.717, 1.165) is 12.8 Å². The van der Waals surface area contributed by atoms with E-state index < -0.39 is 11.9 Å². The highest BCUT2D eigenvalue weighted by atomic mass is 16.5. The van der Waals surface area contributed by atoms with E-state index in [1.165, 1.54) is 0 Å². The lowest BCUT2D eigenvalue weighted by molar-refractivity contribution is -0.130. The number of esters is 2. The first-order valence-electron chi connectivity index (χ1n) is 10.2. The topological polar surface area (TPSA) is 61.8 Å². The molecule has 31 heavy (non-hydrogen) atoms. The van der Waals surface area contributed by atoms with E-state index in [1.54, 1.807) is 13.8 Å². The van der Waals surface area contributed by atoms with Crippen LogP contribution in [0.1, 0.15) is 33.6 Å². The van der Waals surface area contributed by atoms with Gasteiger partial charge in [0.2, 0.25) is 0 Å². The maximum atomic E-state index is 12.5. The molecule has 3 aromatic carbocycles. The minimum absolute atomic E-state index is 0.277. The van der Waals surface area contributed by atoms with Gasteiger partial charge < -0.3 is 14.2 Å². The Morgan fingerprint density at radius 1 is 0.806 bits per heavy atom. The van der Waals surface area contributed by atoms with Crippen LogP contribution in [0.2, 0.25) is 0 Å². The summed E-state index contributed by atoms with van der Waals surface area (Å²) in [6.07, 6.45) is 1.86. The van der Waals surface area contributed by atoms with Gasteiger partial charge in [0, 0.05) is 27.3 Å². The SMILES string of the molecule is C=C(C)C(=O)Oc1c2ccccc2c(OC(=O)C(=C)C)c2c(OCCCC)cccc12. The molecule has 0 unspecified atom stereocenters. The number of rotatable bonds is 8. The largest absolute Gasteiger partial charge is 0.493 e. The molecule has 5 nitrogen and oxygen atoms in total. The number of unbranched alkanes of at least 4 members (excludes halogenated alkanes) is 1. The van der Waals surface area contributed by atoms with E-state index in [9.17, 15) is 9.59 Å². The Morgan fingerprint density at radius 2 is 1.35 bits per heavy atom. The normalized spacial score (nSPS) is 10.7. The molecule has 0 aliphatic rings. The number of carbonyl (C=O) groups is 2. The van der Waals surface area contributed by atoms with Crippen LogP contribution in [0.5, 0.6) is 17.2 Å². The molecular weight excluding hydrogens is 392 g/mol. The fraction of sp³-hybridized carbons (Fsp3) is 0.231. The average molecular weight is 418 g/mol. The Labute approximate surface area is 181 Å². The zero-order valence-corrected chi connectivity index (χ0v) is 18.1. The van der Waals surface area contributed by atoms with Gasteiger partial charge in [-0.05, 0) is 26.3 Å². The number of hydrogen-bond acceptors (Lipinski definition) is 5. The fourth-order valence-electron chi connectivity index (χ4n) is 3.14. The average Bonchev–Trinajstić information content (AvgIpc) is 2.75. The second-order valence-electron chi connectivity index (χ2n) is 7.42. The first kappa shape index (κ1) is 22.1. The molecule has 0 N–H and O–H groups in total. The van der Waals surface area contributed by atoms with Crippen molar-refractivity contribution in [3.63, 3.8) is 0 Å². The zero-order chi connectivity index (χ0) is 22.5. The highest BCUT2D eigenvalue weighted by Crippen LogP contribution is 2.46. The summed E-state index contributed by atoms with van der Waals surface area (Å²) in [5.41, 5.74) is 0.560. The molecule has 0 atom stereocenters. The zero-order valence-electron chi connectivity index (χ0n) is 18.1. The predicted octanol–water partition coefficient (Wildman–Crippen LogP) is 6.13. The number of carbonyl (C=O) groups excluding carboxylic acids is 2. The molecule has 3 rings (SSSR count). The summed E-state index contributed by atoms with van der Waals surface area (Å²) < 4.78 is 17.5. The van der Waals surface area contributed by atoms with Crippen LogP contribution in [0, 0.1) is 0 Å². The first-order chi connectivity index (χ1) is 14.8. The van der Waals surface area contributed by atoms with Gasteiger partial charge >= 0.3 is 11.9 Å². The summed E-state index contributed by atoms with van der Waals surface area (Å²) in [4.78, 5) is 24.9. The highest BCUT2D eigenvalue weighted by molar-refractivity contribution is 6.15. The lowest BCUT2D eigenvalue weighted by atomic mass is 9.99. The van der Waals surface area contributed by atoms with Gasteiger partial charge in [0.25, 0.3) is 0 Å². The van der Waals surface area contributed by atoms with Gasteiger partial charge in [-0.25, -0.2) is 9.59 Å². The molecule has 160 valence electrons. The Kier molecular flexibility index (Phi) is 6.75. The molecule has 0 aliphatic heterocycles. The van der Waals surface area contributed by atoms with Crippen LogP contribution in [-0.2, 0) is 9.59 Å². The summed E-state index contributed by atoms with van der Waals surface area (Å²) in [7, 11) is 0. The molecule has 3 aromatic rings. The Morgan fingerprint density at radius 3 is 1.94 bits per heavy atom. The van der Waals surface area contributed by atoms with E-state index in [-0.39, 0.29) is 11.1 Å². The Bertz CT molecular complexity index is 1190. The van der Waals surface area contributed by atoms with Crippen molar-refractivity contribution in [1.82, 2.24) is 0 Å². The molecule has 0 spiro atoms. The molecular formula is C26H26O5. The second kappa shape index (κ2) is 9.47. The first-order valence-corrected chi connectivity index (χ1v) is 10.2. The van der Waals surface area contributed by atoms with Gasteiger partial charge in [-0.3, -0.25) is 0 Å². The molecule has 0 aliphatic carbocycles. The fourth-order valence-corrected chi connectivity index (χ4v) is 3.14. The predicted molar refractivity (Wildman–Crippen MR) is 123 cm³/mol. The standard InChI is InChI=1S/C26H26O5/c1-6-7-15-29-21-14-10-13-20-22(21)24(31-26(28)17(4)5)19-12-9-8-11-18(19)23(20)30-25(27)16(2)3/h8-14H,2,4,6-7,15H2,1,3,5H3. The van der Waals surface area contributed by atoms with Crippen LogP contribution in [0.15, 0.2) is 66.8 Å². The molecule has 0 radical (unpaired) electrons. The van der Waals surface area contributed by atoms with Gasteiger partial charge in [0.15, 0.2) is 5.75 Å². The third-order valence-electron chi connectivity index (χ3n) is 4.76. The van der Waals surface area contributed by atoms with Crippen molar-refractivity contribution in [2.75, 3.05) is 6.61 Å². The molecule has 5 heteroatoms. The second-order valence-corrected chi connectivity index (χ2v) is 7.42.